The van der Waals surface area contributed by atoms with Crippen LogP contribution in [0.3, 0.4) is 0 Å². The quantitative estimate of drug-likeness (QED) is 0.246. The number of hydrogen-bond donors (Lipinski definition) is 1. The van der Waals surface area contributed by atoms with Gasteiger partial charge in [-0.05, 0) is 80.3 Å². The molecular formula is C31H29Cl2N2NaO4. The molecule has 0 aliphatic carbocycles. The van der Waals surface area contributed by atoms with Gasteiger partial charge in [0.05, 0.1) is 17.3 Å². The van der Waals surface area contributed by atoms with Gasteiger partial charge in [-0.1, -0.05) is 53.4 Å². The Bertz CT molecular complexity index is 1460. The number of amides is 2. The number of anilines is 1. The molecule has 6 nitrogen and oxygen atoms in total. The van der Waals surface area contributed by atoms with E-state index in [-0.39, 0.29) is 55.8 Å². The Kier molecular flexibility index (Phi) is 11.3. The van der Waals surface area contributed by atoms with Gasteiger partial charge < -0.3 is 16.3 Å². The molecular weight excluding hydrogens is 558 g/mol. The number of carbonyl (C=O) groups is 3. The topological polar surface area (TPSA) is 77.9 Å². The molecule has 0 saturated carbocycles. The molecule has 1 unspecified atom stereocenters. The molecule has 0 fully saturated rings. The number of carboxylic acid groups (broad SMARTS) is 1. The van der Waals surface area contributed by atoms with E-state index >= 15 is 0 Å². The third-order valence-corrected chi connectivity index (χ3v) is 7.28. The molecule has 2 atom stereocenters. The number of rotatable bonds is 8. The van der Waals surface area contributed by atoms with Crippen LogP contribution in [0.2, 0.25) is 10.0 Å². The van der Waals surface area contributed by atoms with E-state index in [0.717, 1.165) is 5.56 Å². The Morgan fingerprint density at radius 1 is 1.00 bits per heavy atom. The SMILES string of the molecule is CC#Cc1ccc2c(c1)C(=O)N([C@H](C)c1ccc(Cl)cc1)C(c1ccc(Cl)cc1)C(=O)N2CCCCC(=O)O.[H-].[Na+]. The summed E-state index contributed by atoms with van der Waals surface area (Å²) in [5.41, 5.74) is 2.94. The Morgan fingerprint density at radius 2 is 1.62 bits per heavy atom. The molecule has 0 aromatic heterocycles. The fourth-order valence-electron chi connectivity index (χ4n) is 4.83. The van der Waals surface area contributed by atoms with Gasteiger partial charge in [-0.25, -0.2) is 0 Å². The first-order valence-electron chi connectivity index (χ1n) is 12.6. The molecule has 4 rings (SSSR count). The van der Waals surface area contributed by atoms with E-state index in [0.29, 0.717) is 45.3 Å². The normalized spacial score (nSPS) is 15.3. The van der Waals surface area contributed by atoms with Crippen LogP contribution in [0.4, 0.5) is 5.69 Å². The second-order valence-electron chi connectivity index (χ2n) is 9.34. The third-order valence-electron chi connectivity index (χ3n) is 6.78. The Hall–Kier alpha value is -2.79. The summed E-state index contributed by atoms with van der Waals surface area (Å²) in [6, 6.07) is 17.9. The average Bonchev–Trinajstić information content (AvgIpc) is 3.00. The molecule has 0 spiro atoms. The van der Waals surface area contributed by atoms with E-state index in [9.17, 15) is 14.4 Å². The monoisotopic (exact) mass is 586 g/mol. The molecule has 3 aromatic carbocycles. The minimum absolute atomic E-state index is 0. The summed E-state index contributed by atoms with van der Waals surface area (Å²) in [6.45, 7) is 3.87. The fourth-order valence-corrected chi connectivity index (χ4v) is 5.08. The molecule has 0 bridgehead atoms. The van der Waals surface area contributed by atoms with E-state index in [1.54, 1.807) is 71.3 Å². The molecule has 0 saturated heterocycles. The van der Waals surface area contributed by atoms with Gasteiger partial charge in [0, 0.05) is 28.6 Å². The van der Waals surface area contributed by atoms with E-state index in [2.05, 4.69) is 11.8 Å². The van der Waals surface area contributed by atoms with Crippen LogP contribution in [-0.4, -0.2) is 34.3 Å². The molecule has 1 aliphatic heterocycles. The van der Waals surface area contributed by atoms with Gasteiger partial charge in [0.15, 0.2) is 0 Å². The number of aliphatic carboxylic acids is 1. The second-order valence-corrected chi connectivity index (χ2v) is 10.2. The summed E-state index contributed by atoms with van der Waals surface area (Å²) in [5.74, 6) is 4.38. The van der Waals surface area contributed by atoms with Crippen LogP contribution >= 0.6 is 23.2 Å². The summed E-state index contributed by atoms with van der Waals surface area (Å²) in [6.07, 6.45) is 0.861. The van der Waals surface area contributed by atoms with Gasteiger partial charge in [-0.2, -0.15) is 0 Å². The predicted molar refractivity (Wildman–Crippen MR) is 154 cm³/mol. The van der Waals surface area contributed by atoms with Crippen molar-refractivity contribution in [1.82, 2.24) is 4.90 Å². The minimum atomic E-state index is -0.951. The number of benzene rings is 3. The number of hydrogen-bond acceptors (Lipinski definition) is 3. The van der Waals surface area contributed by atoms with E-state index < -0.39 is 18.1 Å². The number of fused-ring (bicyclic) bond motifs is 1. The van der Waals surface area contributed by atoms with Gasteiger partial charge in [0.1, 0.15) is 6.04 Å². The Balaban J connectivity index is 0.00000294. The number of nitrogens with zero attached hydrogens (tertiary/aromatic N) is 2. The largest absolute Gasteiger partial charge is 1.00 e. The van der Waals surface area contributed by atoms with Gasteiger partial charge in [-0.3, -0.25) is 14.4 Å². The van der Waals surface area contributed by atoms with Crippen LogP contribution in [-0.2, 0) is 9.59 Å². The van der Waals surface area contributed by atoms with Crippen molar-refractivity contribution in [2.75, 3.05) is 11.4 Å². The van der Waals surface area contributed by atoms with Crippen molar-refractivity contribution in [2.24, 2.45) is 0 Å². The summed E-state index contributed by atoms with van der Waals surface area (Å²) in [4.78, 5) is 43.1. The van der Waals surface area contributed by atoms with Crippen LogP contribution in [0.15, 0.2) is 66.7 Å². The van der Waals surface area contributed by atoms with E-state index in [1.165, 1.54) is 0 Å². The molecule has 3 aromatic rings. The molecule has 1 N–H and O–H groups in total. The first-order valence-corrected chi connectivity index (χ1v) is 13.4. The smallest absolute Gasteiger partial charge is 1.00 e. The molecule has 2 amide bonds. The molecule has 40 heavy (non-hydrogen) atoms. The van der Waals surface area contributed by atoms with Crippen molar-refractivity contribution in [1.29, 1.82) is 0 Å². The van der Waals surface area contributed by atoms with Crippen LogP contribution in [0, 0.1) is 11.8 Å². The Morgan fingerprint density at radius 3 is 2.23 bits per heavy atom. The number of carboxylic acids is 1. The predicted octanol–water partition coefficient (Wildman–Crippen LogP) is 4.03. The second kappa shape index (κ2) is 14.2. The number of carbonyl (C=O) groups excluding carboxylic acids is 2. The fraction of sp³-hybridized carbons (Fsp3) is 0.258. The number of unbranched alkanes of at least 4 members (excludes halogenated alkanes) is 1. The summed E-state index contributed by atoms with van der Waals surface area (Å²) >= 11 is 12.3. The molecule has 202 valence electrons. The molecule has 9 heteroatoms. The van der Waals surface area contributed by atoms with Crippen molar-refractivity contribution in [3.8, 4) is 11.8 Å². The maximum atomic E-state index is 14.4. The van der Waals surface area contributed by atoms with Crippen molar-refractivity contribution in [3.05, 3.63) is 99.0 Å². The zero-order valence-electron chi connectivity index (χ0n) is 23.7. The molecule has 1 heterocycles. The molecule has 0 radical (unpaired) electrons. The van der Waals surface area contributed by atoms with Crippen molar-refractivity contribution in [2.45, 2.75) is 45.2 Å². The third kappa shape index (κ3) is 7.09. The van der Waals surface area contributed by atoms with Gasteiger partial charge in [0.25, 0.3) is 11.8 Å². The average molecular weight is 587 g/mol. The first kappa shape index (κ1) is 31.7. The summed E-state index contributed by atoms with van der Waals surface area (Å²) < 4.78 is 0. The van der Waals surface area contributed by atoms with Crippen LogP contribution < -0.4 is 34.5 Å². The van der Waals surface area contributed by atoms with Crippen LogP contribution in [0.25, 0.3) is 0 Å². The zero-order chi connectivity index (χ0) is 28.1. The maximum absolute atomic E-state index is 14.4. The standard InChI is InChI=1S/C31H28Cl2N2O4.Na.H/c1-3-6-21-8-17-27-26(19-21)30(38)35(20(2)22-9-13-24(32)14-10-22)29(23-11-15-25(33)16-12-23)31(39)34(27)18-5-4-7-28(36)37;;/h8-17,19-20,29H,4-5,7,18H2,1-2H3,(H,36,37);;/q;+1;-1/t20-,29?;;/m1../s1. The summed E-state index contributed by atoms with van der Waals surface area (Å²) in [7, 11) is 0. The van der Waals surface area contributed by atoms with Crippen LogP contribution in [0.1, 0.15) is 73.7 Å². The maximum Gasteiger partial charge on any atom is 1.00 e. The van der Waals surface area contributed by atoms with Crippen LogP contribution in [0.5, 0.6) is 0 Å². The zero-order valence-corrected chi connectivity index (χ0v) is 26.2. The van der Waals surface area contributed by atoms with E-state index in [1.807, 2.05) is 19.1 Å². The summed E-state index contributed by atoms with van der Waals surface area (Å²) in [5, 5.41) is 10.2. The van der Waals surface area contributed by atoms with E-state index in [4.69, 9.17) is 28.3 Å². The van der Waals surface area contributed by atoms with Crippen molar-refractivity contribution >= 4 is 46.7 Å². The Labute approximate surface area is 268 Å². The van der Waals surface area contributed by atoms with Crippen molar-refractivity contribution < 1.29 is 50.5 Å². The van der Waals surface area contributed by atoms with Crippen molar-refractivity contribution in [3.63, 3.8) is 0 Å². The first-order chi connectivity index (χ1) is 18.7. The van der Waals surface area contributed by atoms with Gasteiger partial charge in [-0.15, -0.1) is 5.92 Å². The van der Waals surface area contributed by atoms with Gasteiger partial charge in [0.2, 0.25) is 0 Å². The minimum Gasteiger partial charge on any atom is -1.00 e. The molecule has 1 aliphatic rings. The number of halogens is 2. The van der Waals surface area contributed by atoms with Gasteiger partial charge >= 0.3 is 35.5 Å².